The summed E-state index contributed by atoms with van der Waals surface area (Å²) in [6.07, 6.45) is 8.77. The summed E-state index contributed by atoms with van der Waals surface area (Å²) in [6, 6.07) is 0. The molecule has 2 N–H and O–H groups in total. The minimum atomic E-state index is 0.692. The van der Waals surface area contributed by atoms with Gasteiger partial charge < -0.3 is 9.97 Å². The monoisotopic (exact) mass is 342 g/mol. The predicted molar refractivity (Wildman–Crippen MR) is 102 cm³/mol. The molecular formula is C21H30N2O2. The third kappa shape index (κ3) is 4.12. The third-order valence-corrected chi connectivity index (χ3v) is 5.18. The smallest absolute Gasteiger partial charge is 0.166 e. The molecule has 0 atom stereocenters. The molecule has 2 aromatic heterocycles. The van der Waals surface area contributed by atoms with Crippen molar-refractivity contribution in [2.45, 2.75) is 72.6 Å². The minimum absolute atomic E-state index is 0.692. The van der Waals surface area contributed by atoms with Crippen LogP contribution in [0, 0.1) is 13.8 Å². The van der Waals surface area contributed by atoms with E-state index in [0.29, 0.717) is 17.8 Å². The first-order chi connectivity index (χ1) is 12.1. The summed E-state index contributed by atoms with van der Waals surface area (Å²) in [5.41, 5.74) is 8.16. The molecule has 0 spiro atoms. The van der Waals surface area contributed by atoms with E-state index in [4.69, 9.17) is 0 Å². The van der Waals surface area contributed by atoms with E-state index in [1.54, 1.807) is 0 Å². The second-order valence-corrected chi connectivity index (χ2v) is 6.86. The number of aldehydes is 2. The number of aromatic nitrogens is 2. The Morgan fingerprint density at radius 3 is 1.48 bits per heavy atom. The number of hydrogen-bond acceptors (Lipinski definition) is 2. The van der Waals surface area contributed by atoms with E-state index in [1.807, 2.05) is 0 Å². The Morgan fingerprint density at radius 2 is 1.16 bits per heavy atom. The van der Waals surface area contributed by atoms with Crippen LogP contribution in [0.25, 0.3) is 0 Å². The highest BCUT2D eigenvalue weighted by Gasteiger charge is 2.18. The lowest BCUT2D eigenvalue weighted by Gasteiger charge is -2.04. The molecule has 2 heterocycles. The van der Waals surface area contributed by atoms with Crippen molar-refractivity contribution in [3.05, 3.63) is 45.0 Å². The van der Waals surface area contributed by atoms with Gasteiger partial charge in [0.15, 0.2) is 12.6 Å². The molecule has 0 radical (unpaired) electrons. The minimum Gasteiger partial charge on any atom is -0.355 e. The van der Waals surface area contributed by atoms with Crippen molar-refractivity contribution in [1.29, 1.82) is 0 Å². The van der Waals surface area contributed by atoms with E-state index in [1.165, 1.54) is 11.1 Å². The maximum absolute atomic E-state index is 11.4. The fourth-order valence-electron chi connectivity index (χ4n) is 3.51. The maximum Gasteiger partial charge on any atom is 0.166 e. The van der Waals surface area contributed by atoms with Crippen LogP contribution in [0.5, 0.6) is 0 Å². The van der Waals surface area contributed by atoms with E-state index < -0.39 is 0 Å². The Balaban J connectivity index is 2.33. The Labute approximate surface area is 150 Å². The molecule has 0 bridgehead atoms. The number of rotatable bonds is 10. The number of H-pyrrole nitrogens is 2. The first kappa shape index (κ1) is 19.2. The lowest BCUT2D eigenvalue weighted by atomic mass is 10.00. The summed E-state index contributed by atoms with van der Waals surface area (Å²) >= 11 is 0. The molecule has 0 saturated carbocycles. The van der Waals surface area contributed by atoms with Gasteiger partial charge in [0.25, 0.3) is 0 Å². The largest absolute Gasteiger partial charge is 0.355 e. The second kappa shape index (κ2) is 8.84. The number of unbranched alkanes of at least 4 members (excludes halogenated alkanes) is 2. The van der Waals surface area contributed by atoms with Crippen LogP contribution in [-0.2, 0) is 19.3 Å². The Kier molecular flexibility index (Phi) is 6.80. The number of carbonyl (C=O) groups is 2. The van der Waals surface area contributed by atoms with Crippen molar-refractivity contribution in [2.75, 3.05) is 0 Å². The van der Waals surface area contributed by atoms with E-state index in [-0.39, 0.29) is 0 Å². The topological polar surface area (TPSA) is 65.7 Å². The molecule has 0 unspecified atom stereocenters. The summed E-state index contributed by atoms with van der Waals surface area (Å²) in [7, 11) is 0. The van der Waals surface area contributed by atoms with Gasteiger partial charge in [-0.2, -0.15) is 0 Å². The fraction of sp³-hybridized carbons (Fsp3) is 0.524. The van der Waals surface area contributed by atoms with Gasteiger partial charge in [-0.3, -0.25) is 9.59 Å². The molecule has 4 nitrogen and oxygen atoms in total. The Bertz CT molecular complexity index is 675. The molecule has 0 aromatic carbocycles. The van der Waals surface area contributed by atoms with Gasteiger partial charge in [0.1, 0.15) is 0 Å². The molecule has 25 heavy (non-hydrogen) atoms. The van der Waals surface area contributed by atoms with Crippen molar-refractivity contribution in [3.8, 4) is 0 Å². The zero-order chi connectivity index (χ0) is 18.4. The van der Waals surface area contributed by atoms with E-state index in [2.05, 4.69) is 37.7 Å². The molecule has 0 saturated heterocycles. The van der Waals surface area contributed by atoms with E-state index >= 15 is 0 Å². The predicted octanol–water partition coefficient (Wildman–Crippen LogP) is 4.86. The Morgan fingerprint density at radius 1 is 0.760 bits per heavy atom. The van der Waals surface area contributed by atoms with Crippen LogP contribution in [0.4, 0.5) is 0 Å². The summed E-state index contributed by atoms with van der Waals surface area (Å²) in [5.74, 6) is 0. The number of carbonyl (C=O) groups excluding carboxylic acids is 2. The van der Waals surface area contributed by atoms with Crippen LogP contribution < -0.4 is 0 Å². The van der Waals surface area contributed by atoms with Crippen LogP contribution in [0.3, 0.4) is 0 Å². The number of aromatic amines is 2. The molecule has 0 aliphatic heterocycles. The van der Waals surface area contributed by atoms with Gasteiger partial charge in [-0.1, -0.05) is 26.7 Å². The first-order valence-electron chi connectivity index (χ1n) is 9.38. The van der Waals surface area contributed by atoms with Crippen molar-refractivity contribution < 1.29 is 9.59 Å². The standard InChI is InChI=1S/C21H30N2O2/c1-5-7-9-16-14(3)18(22-20(16)12-24)11-19-15(4)17(10-8-6-2)21(13-25)23-19/h12-13,22-23H,5-11H2,1-4H3. The van der Waals surface area contributed by atoms with E-state index in [9.17, 15) is 9.59 Å². The maximum atomic E-state index is 11.4. The van der Waals surface area contributed by atoms with Gasteiger partial charge in [-0.15, -0.1) is 0 Å². The van der Waals surface area contributed by atoms with Gasteiger partial charge in [0.05, 0.1) is 11.4 Å². The van der Waals surface area contributed by atoms with Gasteiger partial charge >= 0.3 is 0 Å². The highest BCUT2D eigenvalue weighted by atomic mass is 16.1. The average Bonchev–Trinajstić information content (AvgIpc) is 3.08. The van der Waals surface area contributed by atoms with Crippen molar-refractivity contribution in [1.82, 2.24) is 9.97 Å². The molecule has 0 aliphatic rings. The molecule has 0 amide bonds. The van der Waals surface area contributed by atoms with Crippen LogP contribution in [0.2, 0.25) is 0 Å². The molecule has 136 valence electrons. The summed E-state index contributed by atoms with van der Waals surface area (Å²) in [4.78, 5) is 29.4. The van der Waals surface area contributed by atoms with Crippen LogP contribution in [0.15, 0.2) is 0 Å². The second-order valence-electron chi connectivity index (χ2n) is 6.86. The lowest BCUT2D eigenvalue weighted by Crippen LogP contribution is -1.95. The molecule has 2 rings (SSSR count). The normalized spacial score (nSPS) is 11.0. The third-order valence-electron chi connectivity index (χ3n) is 5.18. The summed E-state index contributed by atoms with van der Waals surface area (Å²) in [5, 5.41) is 0. The SMILES string of the molecule is CCCCc1c(C=O)[nH]c(Cc2[nH]c(C=O)c(CCCC)c2C)c1C. The van der Waals surface area contributed by atoms with Crippen molar-refractivity contribution in [2.24, 2.45) is 0 Å². The van der Waals surface area contributed by atoms with Crippen LogP contribution in [0.1, 0.15) is 94.1 Å². The zero-order valence-electron chi connectivity index (χ0n) is 15.9. The quantitative estimate of drug-likeness (QED) is 0.606. The van der Waals surface area contributed by atoms with Crippen molar-refractivity contribution >= 4 is 12.6 Å². The molecule has 2 aromatic rings. The number of nitrogens with one attached hydrogen (secondary N) is 2. The zero-order valence-corrected chi connectivity index (χ0v) is 15.9. The Hall–Kier alpha value is -2.10. The van der Waals surface area contributed by atoms with Gasteiger partial charge in [0.2, 0.25) is 0 Å². The summed E-state index contributed by atoms with van der Waals surface area (Å²) < 4.78 is 0. The highest BCUT2D eigenvalue weighted by molar-refractivity contribution is 5.77. The number of hydrogen-bond donors (Lipinski definition) is 2. The van der Waals surface area contributed by atoms with Crippen LogP contribution >= 0.6 is 0 Å². The average molecular weight is 342 g/mol. The van der Waals surface area contributed by atoms with Crippen molar-refractivity contribution in [3.63, 3.8) is 0 Å². The molecule has 4 heteroatoms. The molecule has 0 fully saturated rings. The van der Waals surface area contributed by atoms with Gasteiger partial charge in [-0.05, 0) is 61.8 Å². The fourth-order valence-corrected chi connectivity index (χ4v) is 3.51. The summed E-state index contributed by atoms with van der Waals surface area (Å²) in [6.45, 7) is 8.48. The van der Waals surface area contributed by atoms with Gasteiger partial charge in [0, 0.05) is 17.8 Å². The van der Waals surface area contributed by atoms with Gasteiger partial charge in [-0.25, -0.2) is 0 Å². The van der Waals surface area contributed by atoms with Crippen LogP contribution in [-0.4, -0.2) is 22.5 Å². The molecule has 0 aliphatic carbocycles. The highest BCUT2D eigenvalue weighted by Crippen LogP contribution is 2.26. The first-order valence-corrected chi connectivity index (χ1v) is 9.38. The van der Waals surface area contributed by atoms with E-state index in [0.717, 1.165) is 73.6 Å². The lowest BCUT2D eigenvalue weighted by molar-refractivity contribution is 0.111. The molecular weight excluding hydrogens is 312 g/mol.